The fourth-order valence-corrected chi connectivity index (χ4v) is 5.20. The number of carbonyl (C=O) groups is 1. The number of piperidine rings is 1. The van der Waals surface area contributed by atoms with Gasteiger partial charge in [0.05, 0.1) is 11.7 Å². The van der Waals surface area contributed by atoms with Crippen molar-refractivity contribution in [2.75, 3.05) is 36.5 Å². The third-order valence-electron chi connectivity index (χ3n) is 7.52. The molecule has 3 aromatic rings. The summed E-state index contributed by atoms with van der Waals surface area (Å²) in [5.41, 5.74) is 3.42. The number of ether oxygens (including phenoxy) is 1. The van der Waals surface area contributed by atoms with Crippen molar-refractivity contribution in [1.29, 1.82) is 0 Å². The number of rotatable bonds is 5. The number of nitrogens with one attached hydrogen (secondary N) is 1. The zero-order chi connectivity index (χ0) is 27.6. The second-order valence-corrected chi connectivity index (χ2v) is 10.3. The van der Waals surface area contributed by atoms with E-state index in [0.29, 0.717) is 31.7 Å². The Hall–Kier alpha value is -3.43. The quantitative estimate of drug-likeness (QED) is 0.405. The van der Waals surface area contributed by atoms with Crippen LogP contribution in [0.4, 0.5) is 24.7 Å². The highest BCUT2D eigenvalue weighted by Gasteiger charge is 2.31. The van der Waals surface area contributed by atoms with Crippen molar-refractivity contribution in [3.63, 3.8) is 0 Å². The molecule has 1 amide bonds. The van der Waals surface area contributed by atoms with Crippen LogP contribution in [0.15, 0.2) is 54.6 Å². The number of hydrogen-bond acceptors (Lipinski definition) is 5. The molecule has 6 nitrogen and oxygen atoms in total. The van der Waals surface area contributed by atoms with Crippen LogP contribution in [0.5, 0.6) is 0 Å². The molecule has 206 valence electrons. The minimum atomic E-state index is -4.53. The molecule has 0 radical (unpaired) electrons. The van der Waals surface area contributed by atoms with Gasteiger partial charge in [0.1, 0.15) is 5.82 Å². The Balaban J connectivity index is 1.46. The Morgan fingerprint density at radius 3 is 2.49 bits per heavy atom. The van der Waals surface area contributed by atoms with Crippen LogP contribution >= 0.6 is 0 Å². The molecule has 3 heterocycles. The maximum absolute atomic E-state index is 13.1. The Morgan fingerprint density at radius 1 is 1.03 bits per heavy atom. The minimum absolute atomic E-state index is 0.0627. The van der Waals surface area contributed by atoms with E-state index in [1.807, 2.05) is 25.1 Å². The first kappa shape index (κ1) is 27.1. The fraction of sp³-hybridized carbons (Fsp3) is 0.400. The van der Waals surface area contributed by atoms with Crippen molar-refractivity contribution in [3.8, 4) is 11.1 Å². The average molecular weight is 540 g/mol. The van der Waals surface area contributed by atoms with Gasteiger partial charge in [0.2, 0.25) is 0 Å². The number of benzene rings is 2. The lowest BCUT2D eigenvalue weighted by Crippen LogP contribution is -2.36. The lowest BCUT2D eigenvalue weighted by molar-refractivity contribution is -0.137. The van der Waals surface area contributed by atoms with Gasteiger partial charge in [-0.05, 0) is 91.8 Å². The molecule has 39 heavy (non-hydrogen) atoms. The number of anilines is 2. The zero-order valence-corrected chi connectivity index (χ0v) is 21.8. The van der Waals surface area contributed by atoms with Crippen LogP contribution in [0.3, 0.4) is 0 Å². The molecule has 0 atom stereocenters. The zero-order valence-electron chi connectivity index (χ0n) is 21.8. The number of aliphatic hydroxyl groups is 1. The Kier molecular flexibility index (Phi) is 7.91. The summed E-state index contributed by atoms with van der Waals surface area (Å²) < 4.78 is 45.0. The number of alkyl halides is 3. The molecule has 0 saturated carbocycles. The van der Waals surface area contributed by atoms with Crippen molar-refractivity contribution in [1.82, 2.24) is 4.98 Å². The van der Waals surface area contributed by atoms with E-state index in [1.54, 1.807) is 6.07 Å². The number of amides is 1. The highest BCUT2D eigenvalue weighted by Crippen LogP contribution is 2.35. The molecular formula is C30H32F3N3O3. The molecule has 0 aliphatic carbocycles. The summed E-state index contributed by atoms with van der Waals surface area (Å²) in [4.78, 5) is 20.1. The van der Waals surface area contributed by atoms with Gasteiger partial charge in [-0.15, -0.1) is 0 Å². The van der Waals surface area contributed by atoms with Crippen molar-refractivity contribution in [3.05, 3.63) is 77.0 Å². The van der Waals surface area contributed by atoms with Gasteiger partial charge in [0.15, 0.2) is 0 Å². The summed E-state index contributed by atoms with van der Waals surface area (Å²) in [5.74, 6) is 0.525. The summed E-state index contributed by atoms with van der Waals surface area (Å²) in [5, 5.41) is 12.7. The van der Waals surface area contributed by atoms with E-state index in [9.17, 15) is 23.1 Å². The molecule has 2 fully saturated rings. The van der Waals surface area contributed by atoms with Crippen LogP contribution < -0.4 is 10.2 Å². The molecule has 0 spiro atoms. The summed E-state index contributed by atoms with van der Waals surface area (Å²) in [6.45, 7) is 4.81. The number of pyridine rings is 1. The second kappa shape index (κ2) is 11.4. The smallest absolute Gasteiger partial charge is 0.393 e. The standard InChI is InChI=1S/C30H32F3N3O3/c1-19-5-6-24(34-29(38)21-3-2-4-23(15-21)30(31,32)33)18-26(19)22-16-27(20-9-13-39-14-10-20)35-28(17-22)36-11-7-25(37)8-12-36/h2-6,15-18,20,25,37H,7-14H2,1H3,(H,34,38). The maximum atomic E-state index is 13.1. The first-order valence-electron chi connectivity index (χ1n) is 13.3. The minimum Gasteiger partial charge on any atom is -0.393 e. The lowest BCUT2D eigenvalue weighted by atomic mass is 9.92. The Labute approximate surface area is 225 Å². The summed E-state index contributed by atoms with van der Waals surface area (Å²) in [7, 11) is 0. The van der Waals surface area contributed by atoms with Crippen LogP contribution in [-0.2, 0) is 10.9 Å². The van der Waals surface area contributed by atoms with E-state index < -0.39 is 17.6 Å². The number of aliphatic hydroxyl groups excluding tert-OH is 1. The topological polar surface area (TPSA) is 74.7 Å². The third kappa shape index (κ3) is 6.42. The number of hydrogen-bond donors (Lipinski definition) is 2. The van der Waals surface area contributed by atoms with Crippen molar-refractivity contribution >= 4 is 17.4 Å². The number of nitrogens with zero attached hydrogens (tertiary/aromatic N) is 2. The molecule has 0 bridgehead atoms. The van der Waals surface area contributed by atoms with Crippen LogP contribution in [0, 0.1) is 6.92 Å². The van der Waals surface area contributed by atoms with Crippen molar-refractivity contribution in [2.24, 2.45) is 0 Å². The lowest BCUT2D eigenvalue weighted by Gasteiger charge is -2.32. The highest BCUT2D eigenvalue weighted by atomic mass is 19.4. The van der Waals surface area contributed by atoms with E-state index in [-0.39, 0.29) is 17.6 Å². The first-order chi connectivity index (χ1) is 18.7. The summed E-state index contributed by atoms with van der Waals surface area (Å²) >= 11 is 0. The van der Waals surface area contributed by atoms with Crippen LogP contribution in [0.1, 0.15) is 58.8 Å². The Morgan fingerprint density at radius 2 is 1.77 bits per heavy atom. The Bertz CT molecular complexity index is 1330. The molecule has 0 unspecified atom stereocenters. The maximum Gasteiger partial charge on any atom is 0.416 e. The van der Waals surface area contributed by atoms with Gasteiger partial charge in [-0.2, -0.15) is 13.2 Å². The van der Waals surface area contributed by atoms with Gasteiger partial charge in [0.25, 0.3) is 5.91 Å². The van der Waals surface area contributed by atoms with Crippen molar-refractivity contribution < 1.29 is 27.8 Å². The van der Waals surface area contributed by atoms with Gasteiger partial charge >= 0.3 is 6.18 Å². The molecule has 2 aliphatic rings. The summed E-state index contributed by atoms with van der Waals surface area (Å²) in [6.07, 6.45) is -1.66. The molecule has 2 aliphatic heterocycles. The monoisotopic (exact) mass is 539 g/mol. The van der Waals surface area contributed by atoms with E-state index >= 15 is 0 Å². The SMILES string of the molecule is Cc1ccc(NC(=O)c2cccc(C(F)(F)F)c2)cc1-c1cc(C2CCOCC2)nc(N2CCC(O)CC2)c1. The first-order valence-corrected chi connectivity index (χ1v) is 13.3. The van der Waals surface area contributed by atoms with Gasteiger partial charge in [-0.1, -0.05) is 12.1 Å². The molecule has 1 aromatic heterocycles. The highest BCUT2D eigenvalue weighted by molar-refractivity contribution is 6.04. The predicted molar refractivity (Wildman–Crippen MR) is 144 cm³/mol. The van der Waals surface area contributed by atoms with Gasteiger partial charge in [-0.3, -0.25) is 4.79 Å². The summed E-state index contributed by atoms with van der Waals surface area (Å²) in [6, 6.07) is 14.0. The third-order valence-corrected chi connectivity index (χ3v) is 7.52. The number of aryl methyl sites for hydroxylation is 1. The van der Waals surface area contributed by atoms with E-state index in [1.165, 1.54) is 12.1 Å². The molecular weight excluding hydrogens is 507 g/mol. The molecule has 2 saturated heterocycles. The van der Waals surface area contributed by atoms with E-state index in [2.05, 4.69) is 16.3 Å². The second-order valence-electron chi connectivity index (χ2n) is 10.3. The normalized spacial score (nSPS) is 17.3. The molecule has 2 N–H and O–H groups in total. The van der Waals surface area contributed by atoms with E-state index in [0.717, 1.165) is 66.3 Å². The fourth-order valence-electron chi connectivity index (χ4n) is 5.20. The van der Waals surface area contributed by atoms with Gasteiger partial charge < -0.3 is 20.1 Å². The largest absolute Gasteiger partial charge is 0.416 e. The van der Waals surface area contributed by atoms with Crippen LogP contribution in [0.25, 0.3) is 11.1 Å². The van der Waals surface area contributed by atoms with Gasteiger partial charge in [0, 0.05) is 49.2 Å². The molecule has 5 rings (SSSR count). The van der Waals surface area contributed by atoms with Gasteiger partial charge in [-0.25, -0.2) is 4.98 Å². The molecule has 9 heteroatoms. The number of carbonyl (C=O) groups excluding carboxylic acids is 1. The number of halogens is 3. The van der Waals surface area contributed by atoms with Crippen LogP contribution in [0.2, 0.25) is 0 Å². The number of aromatic nitrogens is 1. The predicted octanol–water partition coefficient (Wildman–Crippen LogP) is 6.18. The molecule has 2 aromatic carbocycles. The van der Waals surface area contributed by atoms with Crippen LogP contribution in [-0.4, -0.2) is 48.4 Å². The average Bonchev–Trinajstić information content (AvgIpc) is 2.94. The van der Waals surface area contributed by atoms with E-state index in [4.69, 9.17) is 9.72 Å². The van der Waals surface area contributed by atoms with Crippen molar-refractivity contribution in [2.45, 2.75) is 50.8 Å².